The molecule has 98 valence electrons. The summed E-state index contributed by atoms with van der Waals surface area (Å²) >= 11 is 5.85. The number of hydrogen-bond acceptors (Lipinski definition) is 1. The highest BCUT2D eigenvalue weighted by Gasteiger charge is 2.31. The molecule has 0 saturated heterocycles. The van der Waals surface area contributed by atoms with Gasteiger partial charge in [0.25, 0.3) is 0 Å². The molecule has 1 fully saturated rings. The SMILES string of the molecule is O=C(O)C1CCCCC1Cc1cc(Cl)ccc1F. The van der Waals surface area contributed by atoms with E-state index in [1.807, 2.05) is 0 Å². The maximum Gasteiger partial charge on any atom is 0.306 e. The number of benzene rings is 1. The first-order valence-corrected chi connectivity index (χ1v) is 6.62. The summed E-state index contributed by atoms with van der Waals surface area (Å²) in [6.45, 7) is 0. The van der Waals surface area contributed by atoms with Gasteiger partial charge in [-0.05, 0) is 48.9 Å². The van der Waals surface area contributed by atoms with E-state index >= 15 is 0 Å². The number of carbonyl (C=O) groups is 1. The van der Waals surface area contributed by atoms with E-state index in [9.17, 15) is 14.3 Å². The first kappa shape index (κ1) is 13.3. The molecule has 1 N–H and O–H groups in total. The zero-order valence-corrected chi connectivity index (χ0v) is 10.8. The molecule has 1 aromatic rings. The summed E-state index contributed by atoms with van der Waals surface area (Å²) in [5.41, 5.74) is 0.528. The van der Waals surface area contributed by atoms with Crippen molar-refractivity contribution in [3.05, 3.63) is 34.6 Å². The Bertz CT molecular complexity index is 447. The van der Waals surface area contributed by atoms with Crippen LogP contribution in [0.15, 0.2) is 18.2 Å². The third-order valence-corrected chi connectivity index (χ3v) is 3.95. The van der Waals surface area contributed by atoms with Crippen LogP contribution in [0.4, 0.5) is 4.39 Å². The lowest BCUT2D eigenvalue weighted by atomic mass is 9.76. The maximum atomic E-state index is 13.6. The minimum atomic E-state index is -0.762. The van der Waals surface area contributed by atoms with E-state index in [2.05, 4.69) is 0 Å². The van der Waals surface area contributed by atoms with Crippen LogP contribution in [0, 0.1) is 17.7 Å². The first-order chi connectivity index (χ1) is 8.58. The van der Waals surface area contributed by atoms with E-state index in [1.165, 1.54) is 12.1 Å². The van der Waals surface area contributed by atoms with Crippen molar-refractivity contribution in [1.82, 2.24) is 0 Å². The van der Waals surface area contributed by atoms with Crippen LogP contribution >= 0.6 is 11.6 Å². The summed E-state index contributed by atoms with van der Waals surface area (Å²) in [6, 6.07) is 4.45. The molecule has 2 nitrogen and oxygen atoms in total. The zero-order valence-electron chi connectivity index (χ0n) is 10.0. The fourth-order valence-electron chi connectivity index (χ4n) is 2.76. The smallest absolute Gasteiger partial charge is 0.306 e. The molecule has 0 bridgehead atoms. The molecule has 18 heavy (non-hydrogen) atoms. The van der Waals surface area contributed by atoms with Gasteiger partial charge in [0.2, 0.25) is 0 Å². The Balaban J connectivity index is 2.15. The van der Waals surface area contributed by atoms with Crippen molar-refractivity contribution in [2.45, 2.75) is 32.1 Å². The van der Waals surface area contributed by atoms with E-state index in [0.29, 0.717) is 23.4 Å². The van der Waals surface area contributed by atoms with Gasteiger partial charge in [-0.3, -0.25) is 4.79 Å². The number of aliphatic carboxylic acids is 1. The van der Waals surface area contributed by atoms with Gasteiger partial charge < -0.3 is 5.11 Å². The Hall–Kier alpha value is -1.09. The van der Waals surface area contributed by atoms with Crippen LogP contribution in [-0.2, 0) is 11.2 Å². The maximum absolute atomic E-state index is 13.6. The predicted molar refractivity (Wildman–Crippen MR) is 68.2 cm³/mol. The summed E-state index contributed by atoms with van der Waals surface area (Å²) in [7, 11) is 0. The van der Waals surface area contributed by atoms with E-state index in [4.69, 9.17) is 11.6 Å². The zero-order chi connectivity index (χ0) is 13.1. The van der Waals surface area contributed by atoms with E-state index in [1.54, 1.807) is 6.07 Å². The normalized spacial score (nSPS) is 23.9. The summed E-state index contributed by atoms with van der Waals surface area (Å²) in [6.07, 6.45) is 3.98. The van der Waals surface area contributed by atoms with Crippen molar-refractivity contribution in [3.8, 4) is 0 Å². The van der Waals surface area contributed by atoms with Crippen LogP contribution < -0.4 is 0 Å². The molecule has 0 aromatic heterocycles. The average molecular weight is 271 g/mol. The second-order valence-corrected chi connectivity index (χ2v) is 5.37. The third-order valence-electron chi connectivity index (χ3n) is 3.72. The quantitative estimate of drug-likeness (QED) is 0.904. The molecule has 4 heteroatoms. The van der Waals surface area contributed by atoms with Gasteiger partial charge in [-0.2, -0.15) is 0 Å². The lowest BCUT2D eigenvalue weighted by molar-refractivity contribution is -0.144. The summed E-state index contributed by atoms with van der Waals surface area (Å²) in [5, 5.41) is 9.69. The summed E-state index contributed by atoms with van der Waals surface area (Å²) < 4.78 is 13.6. The molecule has 0 heterocycles. The van der Waals surface area contributed by atoms with Crippen molar-refractivity contribution in [1.29, 1.82) is 0 Å². The second kappa shape index (κ2) is 5.70. The van der Waals surface area contributed by atoms with Gasteiger partial charge in [0.15, 0.2) is 0 Å². The van der Waals surface area contributed by atoms with Crippen molar-refractivity contribution in [2.75, 3.05) is 0 Å². The Morgan fingerprint density at radius 3 is 2.83 bits per heavy atom. The highest BCUT2D eigenvalue weighted by molar-refractivity contribution is 6.30. The van der Waals surface area contributed by atoms with Crippen LogP contribution in [0.25, 0.3) is 0 Å². The highest BCUT2D eigenvalue weighted by Crippen LogP contribution is 2.33. The Morgan fingerprint density at radius 1 is 1.39 bits per heavy atom. The number of hydrogen-bond donors (Lipinski definition) is 1. The molecule has 0 radical (unpaired) electrons. The molecule has 0 aliphatic heterocycles. The molecule has 1 saturated carbocycles. The predicted octanol–water partition coefficient (Wildman–Crippen LogP) is 3.91. The number of halogens is 2. The van der Waals surface area contributed by atoms with Crippen LogP contribution in [0.1, 0.15) is 31.2 Å². The van der Waals surface area contributed by atoms with Gasteiger partial charge in [0.1, 0.15) is 5.82 Å². The number of rotatable bonds is 3. The van der Waals surface area contributed by atoms with Crippen LogP contribution in [-0.4, -0.2) is 11.1 Å². The van der Waals surface area contributed by atoms with E-state index in [-0.39, 0.29) is 17.7 Å². The Labute approximate surface area is 111 Å². The Kier molecular flexibility index (Phi) is 4.23. The lowest BCUT2D eigenvalue weighted by Crippen LogP contribution is -2.28. The molecule has 2 unspecified atom stereocenters. The van der Waals surface area contributed by atoms with Gasteiger partial charge in [-0.1, -0.05) is 24.4 Å². The molecule has 1 aliphatic rings. The van der Waals surface area contributed by atoms with Crippen molar-refractivity contribution in [3.63, 3.8) is 0 Å². The van der Waals surface area contributed by atoms with Gasteiger partial charge in [0, 0.05) is 5.02 Å². The highest BCUT2D eigenvalue weighted by atomic mass is 35.5. The second-order valence-electron chi connectivity index (χ2n) is 4.93. The number of carboxylic acid groups (broad SMARTS) is 1. The van der Waals surface area contributed by atoms with E-state index < -0.39 is 5.97 Å². The molecule has 1 aliphatic carbocycles. The average Bonchev–Trinajstić information content (AvgIpc) is 2.34. The first-order valence-electron chi connectivity index (χ1n) is 6.24. The molecule has 1 aromatic carbocycles. The monoisotopic (exact) mass is 270 g/mol. The minimum Gasteiger partial charge on any atom is -0.481 e. The van der Waals surface area contributed by atoms with Crippen LogP contribution in [0.3, 0.4) is 0 Å². The summed E-state index contributed by atoms with van der Waals surface area (Å²) in [5.74, 6) is -1.39. The molecule has 0 amide bonds. The largest absolute Gasteiger partial charge is 0.481 e. The third kappa shape index (κ3) is 3.02. The fourth-order valence-corrected chi connectivity index (χ4v) is 2.95. The van der Waals surface area contributed by atoms with Gasteiger partial charge in [-0.25, -0.2) is 4.39 Å². The fraction of sp³-hybridized carbons (Fsp3) is 0.500. The Morgan fingerprint density at radius 2 is 2.11 bits per heavy atom. The standard InChI is InChI=1S/C14H16ClFO2/c15-11-5-6-13(16)10(8-11)7-9-3-1-2-4-12(9)14(17)18/h5-6,8-9,12H,1-4,7H2,(H,17,18). The molecular weight excluding hydrogens is 255 g/mol. The molecule has 2 atom stereocenters. The van der Waals surface area contributed by atoms with E-state index in [0.717, 1.165) is 19.3 Å². The summed E-state index contributed by atoms with van der Waals surface area (Å²) in [4.78, 5) is 11.2. The van der Waals surface area contributed by atoms with Gasteiger partial charge in [-0.15, -0.1) is 0 Å². The van der Waals surface area contributed by atoms with Crippen LogP contribution in [0.2, 0.25) is 5.02 Å². The topological polar surface area (TPSA) is 37.3 Å². The van der Waals surface area contributed by atoms with Crippen LogP contribution in [0.5, 0.6) is 0 Å². The van der Waals surface area contributed by atoms with Gasteiger partial charge >= 0.3 is 5.97 Å². The molecular formula is C14H16ClFO2. The van der Waals surface area contributed by atoms with Gasteiger partial charge in [0.05, 0.1) is 5.92 Å². The lowest BCUT2D eigenvalue weighted by Gasteiger charge is -2.28. The molecule has 0 spiro atoms. The van der Waals surface area contributed by atoms with Crippen molar-refractivity contribution < 1.29 is 14.3 Å². The van der Waals surface area contributed by atoms with Crippen molar-refractivity contribution in [2.24, 2.45) is 11.8 Å². The minimum absolute atomic E-state index is 0.0178. The molecule has 2 rings (SSSR count). The number of carboxylic acids is 1. The van der Waals surface area contributed by atoms with Crippen molar-refractivity contribution >= 4 is 17.6 Å².